The van der Waals surface area contributed by atoms with Gasteiger partial charge in [0.25, 0.3) is 5.91 Å². The Labute approximate surface area is 183 Å². The SMILES string of the molecule is Cc1ccc(C2=NN(C(=O)CN3CCN(C(=O)C(C)C)CC3)C(c3ccco3)C2)cc1. The Morgan fingerprint density at radius 1 is 1.10 bits per heavy atom. The molecule has 3 heterocycles. The minimum atomic E-state index is -0.234. The molecule has 2 aliphatic heterocycles. The highest BCUT2D eigenvalue weighted by Gasteiger charge is 2.36. The van der Waals surface area contributed by atoms with Crippen molar-refractivity contribution in [3.63, 3.8) is 0 Å². The molecular formula is C24H30N4O3. The normalized spacial score (nSPS) is 19.7. The van der Waals surface area contributed by atoms with Crippen LogP contribution in [-0.2, 0) is 9.59 Å². The molecule has 2 aromatic rings. The molecule has 7 heteroatoms. The summed E-state index contributed by atoms with van der Waals surface area (Å²) in [5.41, 5.74) is 3.10. The zero-order valence-corrected chi connectivity index (χ0v) is 18.5. The third kappa shape index (κ3) is 4.71. The molecule has 1 aromatic heterocycles. The zero-order chi connectivity index (χ0) is 22.0. The van der Waals surface area contributed by atoms with Gasteiger partial charge in [-0.25, -0.2) is 5.01 Å². The molecule has 0 radical (unpaired) electrons. The quantitative estimate of drug-likeness (QED) is 0.743. The fourth-order valence-electron chi connectivity index (χ4n) is 4.12. The lowest BCUT2D eigenvalue weighted by atomic mass is 10.0. The van der Waals surface area contributed by atoms with Gasteiger partial charge < -0.3 is 9.32 Å². The van der Waals surface area contributed by atoms with Crippen molar-refractivity contribution in [2.75, 3.05) is 32.7 Å². The number of amides is 2. The Balaban J connectivity index is 1.45. The summed E-state index contributed by atoms with van der Waals surface area (Å²) in [7, 11) is 0. The second-order valence-corrected chi connectivity index (χ2v) is 8.64. The summed E-state index contributed by atoms with van der Waals surface area (Å²) < 4.78 is 5.63. The molecule has 1 saturated heterocycles. The predicted octanol–water partition coefficient (Wildman–Crippen LogP) is 3.07. The molecule has 1 unspecified atom stereocenters. The van der Waals surface area contributed by atoms with E-state index in [0.29, 0.717) is 32.6 Å². The summed E-state index contributed by atoms with van der Waals surface area (Å²) in [5.74, 6) is 0.871. The van der Waals surface area contributed by atoms with Crippen LogP contribution in [0.5, 0.6) is 0 Å². The molecule has 7 nitrogen and oxygen atoms in total. The van der Waals surface area contributed by atoms with Gasteiger partial charge in [-0.1, -0.05) is 43.7 Å². The van der Waals surface area contributed by atoms with Crippen LogP contribution in [0, 0.1) is 12.8 Å². The minimum Gasteiger partial charge on any atom is -0.467 e. The number of carbonyl (C=O) groups is 2. The molecule has 1 fully saturated rings. The maximum atomic E-state index is 13.2. The molecule has 0 N–H and O–H groups in total. The van der Waals surface area contributed by atoms with Crippen molar-refractivity contribution in [2.24, 2.45) is 11.0 Å². The van der Waals surface area contributed by atoms with Gasteiger partial charge >= 0.3 is 0 Å². The van der Waals surface area contributed by atoms with Crippen molar-refractivity contribution in [3.8, 4) is 0 Å². The first kappa shape index (κ1) is 21.3. The van der Waals surface area contributed by atoms with Crippen LogP contribution in [0.2, 0.25) is 0 Å². The van der Waals surface area contributed by atoms with E-state index in [2.05, 4.69) is 24.0 Å². The largest absolute Gasteiger partial charge is 0.467 e. The monoisotopic (exact) mass is 422 g/mol. The standard InChI is InChI=1S/C24H30N4O3/c1-17(2)24(30)27-12-10-26(11-13-27)16-23(29)28-21(22-5-4-14-31-22)15-20(25-28)19-8-6-18(3)7-9-19/h4-9,14,17,21H,10-13,15-16H2,1-3H3. The smallest absolute Gasteiger partial charge is 0.257 e. The van der Waals surface area contributed by atoms with Gasteiger partial charge in [0.1, 0.15) is 11.8 Å². The van der Waals surface area contributed by atoms with Crippen LogP contribution in [0.3, 0.4) is 0 Å². The fraction of sp³-hybridized carbons (Fsp3) is 0.458. The number of rotatable bonds is 5. The van der Waals surface area contributed by atoms with Crippen LogP contribution in [0.25, 0.3) is 0 Å². The van der Waals surface area contributed by atoms with Gasteiger partial charge in [0, 0.05) is 38.5 Å². The van der Waals surface area contributed by atoms with E-state index in [9.17, 15) is 9.59 Å². The van der Waals surface area contributed by atoms with E-state index in [1.54, 1.807) is 11.3 Å². The van der Waals surface area contributed by atoms with Gasteiger partial charge in [-0.2, -0.15) is 5.10 Å². The molecule has 4 rings (SSSR count). The maximum absolute atomic E-state index is 13.2. The van der Waals surface area contributed by atoms with Crippen molar-refractivity contribution in [2.45, 2.75) is 33.2 Å². The fourth-order valence-corrected chi connectivity index (χ4v) is 4.12. The Hall–Kier alpha value is -2.93. The molecular weight excluding hydrogens is 392 g/mol. The third-order valence-corrected chi connectivity index (χ3v) is 5.96. The average Bonchev–Trinajstić information content (AvgIpc) is 3.44. The number of furan rings is 1. The number of benzene rings is 1. The molecule has 31 heavy (non-hydrogen) atoms. The van der Waals surface area contributed by atoms with E-state index >= 15 is 0 Å². The van der Waals surface area contributed by atoms with Gasteiger partial charge in [0.2, 0.25) is 5.91 Å². The summed E-state index contributed by atoms with van der Waals surface area (Å²) in [6, 6.07) is 11.7. The number of aryl methyl sites for hydroxylation is 1. The Bertz CT molecular complexity index is 942. The van der Waals surface area contributed by atoms with Crippen LogP contribution >= 0.6 is 0 Å². The summed E-state index contributed by atoms with van der Waals surface area (Å²) in [6.45, 7) is 8.87. The Kier molecular flexibility index (Phi) is 6.23. The molecule has 1 aromatic carbocycles. The van der Waals surface area contributed by atoms with Crippen molar-refractivity contribution in [1.82, 2.24) is 14.8 Å². The van der Waals surface area contributed by atoms with Crippen LogP contribution in [-0.4, -0.2) is 65.1 Å². The summed E-state index contributed by atoms with van der Waals surface area (Å²) in [4.78, 5) is 29.4. The van der Waals surface area contributed by atoms with Crippen LogP contribution in [0.4, 0.5) is 0 Å². The van der Waals surface area contributed by atoms with E-state index in [-0.39, 0.29) is 30.3 Å². The first-order valence-corrected chi connectivity index (χ1v) is 10.9. The molecule has 2 aliphatic rings. The number of nitrogens with zero attached hydrogens (tertiary/aromatic N) is 4. The molecule has 1 atom stereocenters. The summed E-state index contributed by atoms with van der Waals surface area (Å²) in [6.07, 6.45) is 2.26. The lowest BCUT2D eigenvalue weighted by Gasteiger charge is -2.35. The van der Waals surface area contributed by atoms with Gasteiger partial charge in [0.05, 0.1) is 18.5 Å². The van der Waals surface area contributed by atoms with Crippen molar-refractivity contribution < 1.29 is 14.0 Å². The van der Waals surface area contributed by atoms with Gasteiger partial charge in [-0.05, 0) is 24.6 Å². The van der Waals surface area contributed by atoms with Crippen molar-refractivity contribution >= 4 is 17.5 Å². The highest BCUT2D eigenvalue weighted by atomic mass is 16.3. The van der Waals surface area contributed by atoms with Crippen LogP contribution in [0.1, 0.15) is 43.2 Å². The maximum Gasteiger partial charge on any atom is 0.257 e. The topological polar surface area (TPSA) is 69.4 Å². The van der Waals surface area contributed by atoms with Gasteiger partial charge in [0.15, 0.2) is 0 Å². The van der Waals surface area contributed by atoms with Gasteiger partial charge in [-0.3, -0.25) is 14.5 Å². The van der Waals surface area contributed by atoms with E-state index in [0.717, 1.165) is 17.0 Å². The summed E-state index contributed by atoms with van der Waals surface area (Å²) in [5, 5.41) is 6.29. The van der Waals surface area contributed by atoms with Crippen LogP contribution < -0.4 is 0 Å². The van der Waals surface area contributed by atoms with E-state index in [4.69, 9.17) is 9.52 Å². The van der Waals surface area contributed by atoms with E-state index in [1.807, 2.05) is 43.0 Å². The average molecular weight is 423 g/mol. The van der Waals surface area contributed by atoms with Crippen molar-refractivity contribution in [3.05, 3.63) is 59.5 Å². The molecule has 0 bridgehead atoms. The highest BCUT2D eigenvalue weighted by Crippen LogP contribution is 2.33. The Morgan fingerprint density at radius 3 is 2.42 bits per heavy atom. The molecule has 0 aliphatic carbocycles. The molecule has 164 valence electrons. The number of hydrazone groups is 1. The lowest BCUT2D eigenvalue weighted by Crippen LogP contribution is -2.52. The van der Waals surface area contributed by atoms with Gasteiger partial charge in [-0.15, -0.1) is 0 Å². The number of carbonyl (C=O) groups excluding carboxylic acids is 2. The third-order valence-electron chi connectivity index (χ3n) is 5.96. The molecule has 0 spiro atoms. The highest BCUT2D eigenvalue weighted by molar-refractivity contribution is 6.03. The first-order valence-electron chi connectivity index (χ1n) is 10.9. The molecule has 2 amide bonds. The van der Waals surface area contributed by atoms with Crippen LogP contribution in [0.15, 0.2) is 52.2 Å². The van der Waals surface area contributed by atoms with Crippen molar-refractivity contribution in [1.29, 1.82) is 0 Å². The number of hydrogen-bond acceptors (Lipinski definition) is 5. The lowest BCUT2D eigenvalue weighted by molar-refractivity contribution is -0.138. The minimum absolute atomic E-state index is 0.00127. The second-order valence-electron chi connectivity index (χ2n) is 8.64. The zero-order valence-electron chi connectivity index (χ0n) is 18.5. The summed E-state index contributed by atoms with van der Waals surface area (Å²) >= 11 is 0. The number of piperazine rings is 1. The van der Waals surface area contributed by atoms with E-state index < -0.39 is 0 Å². The molecule has 0 saturated carbocycles. The van der Waals surface area contributed by atoms with E-state index in [1.165, 1.54) is 5.56 Å². The Morgan fingerprint density at radius 2 is 1.81 bits per heavy atom. The first-order chi connectivity index (χ1) is 14.9. The number of hydrogen-bond donors (Lipinski definition) is 0. The predicted molar refractivity (Wildman–Crippen MR) is 118 cm³/mol. The second kappa shape index (κ2) is 9.06.